The second kappa shape index (κ2) is 5.07. The first kappa shape index (κ1) is 12.8. The first-order chi connectivity index (χ1) is 9.63. The molecule has 1 aromatic rings. The van der Waals surface area contributed by atoms with Crippen molar-refractivity contribution < 1.29 is 14.4 Å². The largest absolute Gasteiger partial charge is 0.344 e. The van der Waals surface area contributed by atoms with Gasteiger partial charge >= 0.3 is 0 Å². The van der Waals surface area contributed by atoms with E-state index in [0.29, 0.717) is 30.5 Å². The maximum Gasteiger partial charge on any atom is 0.246 e. The number of aryl methyl sites for hydroxylation is 1. The van der Waals surface area contributed by atoms with Crippen molar-refractivity contribution in [1.29, 1.82) is 0 Å². The van der Waals surface area contributed by atoms with Gasteiger partial charge in [-0.05, 0) is 37.0 Å². The molecule has 1 atom stereocenters. The van der Waals surface area contributed by atoms with Gasteiger partial charge in [0.05, 0.1) is 0 Å². The van der Waals surface area contributed by atoms with E-state index in [9.17, 15) is 14.4 Å². The molecule has 20 heavy (non-hydrogen) atoms. The maximum atomic E-state index is 12.0. The van der Waals surface area contributed by atoms with Gasteiger partial charge in [-0.2, -0.15) is 0 Å². The lowest BCUT2D eigenvalue weighted by molar-refractivity contribution is -0.122. The summed E-state index contributed by atoms with van der Waals surface area (Å²) >= 11 is 0. The van der Waals surface area contributed by atoms with Crippen LogP contribution in [0.2, 0.25) is 0 Å². The van der Waals surface area contributed by atoms with Crippen LogP contribution in [0.3, 0.4) is 0 Å². The van der Waals surface area contributed by atoms with Gasteiger partial charge in [-0.15, -0.1) is 0 Å². The number of carbonyl (C=O) groups is 3. The second-order valence-corrected chi connectivity index (χ2v) is 5.30. The number of Topliss-reactive ketones (excluding diaryl/α,β-unsaturated/α-hetero) is 1. The van der Waals surface area contributed by atoms with Gasteiger partial charge in [0.15, 0.2) is 5.78 Å². The highest BCUT2D eigenvalue weighted by molar-refractivity contribution is 6.02. The van der Waals surface area contributed by atoms with E-state index < -0.39 is 6.04 Å². The summed E-state index contributed by atoms with van der Waals surface area (Å²) in [4.78, 5) is 35.0. The van der Waals surface area contributed by atoms with Crippen molar-refractivity contribution >= 4 is 23.3 Å². The lowest BCUT2D eigenvalue weighted by Gasteiger charge is -2.17. The molecule has 0 radical (unpaired) electrons. The van der Waals surface area contributed by atoms with E-state index >= 15 is 0 Å². The number of benzene rings is 1. The van der Waals surface area contributed by atoms with Crippen LogP contribution >= 0.6 is 0 Å². The van der Waals surface area contributed by atoms with Crippen LogP contribution in [0, 0.1) is 0 Å². The minimum atomic E-state index is -0.464. The molecule has 5 heteroatoms. The Morgan fingerprint density at radius 3 is 2.80 bits per heavy atom. The molecule has 1 saturated heterocycles. The van der Waals surface area contributed by atoms with E-state index in [0.717, 1.165) is 18.4 Å². The Morgan fingerprint density at radius 1 is 1.20 bits per heavy atom. The van der Waals surface area contributed by atoms with Crippen molar-refractivity contribution in [1.82, 2.24) is 5.32 Å². The van der Waals surface area contributed by atoms with Crippen LogP contribution in [-0.2, 0) is 16.0 Å². The maximum absolute atomic E-state index is 12.0. The Bertz CT molecular complexity index is 595. The SMILES string of the molecule is O=C1CC[C@@H](C(=O)Nc2ccc3c(c2)C(=O)CCC3)N1. The summed E-state index contributed by atoms with van der Waals surface area (Å²) in [5, 5.41) is 5.40. The van der Waals surface area contributed by atoms with E-state index in [4.69, 9.17) is 0 Å². The first-order valence-corrected chi connectivity index (χ1v) is 6.90. The zero-order chi connectivity index (χ0) is 14.1. The number of hydrogen-bond acceptors (Lipinski definition) is 3. The quantitative estimate of drug-likeness (QED) is 0.855. The minimum Gasteiger partial charge on any atom is -0.344 e. The number of anilines is 1. The highest BCUT2D eigenvalue weighted by Gasteiger charge is 2.27. The molecule has 0 aromatic heterocycles. The number of carbonyl (C=O) groups excluding carboxylic acids is 3. The zero-order valence-corrected chi connectivity index (χ0v) is 11.1. The molecule has 5 nitrogen and oxygen atoms in total. The third-order valence-electron chi connectivity index (χ3n) is 3.84. The molecule has 2 aliphatic rings. The standard InChI is InChI=1S/C15H16N2O3/c18-13-3-1-2-9-4-5-10(8-11(9)13)16-15(20)12-6-7-14(19)17-12/h4-5,8,12H,1-3,6-7H2,(H,16,20)(H,17,19)/t12-/m0/s1. The van der Waals surface area contributed by atoms with Crippen molar-refractivity contribution in [2.24, 2.45) is 0 Å². The van der Waals surface area contributed by atoms with Crippen LogP contribution in [0.4, 0.5) is 5.69 Å². The van der Waals surface area contributed by atoms with E-state index in [1.165, 1.54) is 0 Å². The summed E-state index contributed by atoms with van der Waals surface area (Å²) in [7, 11) is 0. The fraction of sp³-hybridized carbons (Fsp3) is 0.400. The Hall–Kier alpha value is -2.17. The summed E-state index contributed by atoms with van der Waals surface area (Å²) < 4.78 is 0. The Labute approximate surface area is 116 Å². The van der Waals surface area contributed by atoms with Crippen molar-refractivity contribution in [3.8, 4) is 0 Å². The Morgan fingerprint density at radius 2 is 2.05 bits per heavy atom. The second-order valence-electron chi connectivity index (χ2n) is 5.30. The van der Waals surface area contributed by atoms with Crippen LogP contribution in [0.15, 0.2) is 18.2 Å². The zero-order valence-electron chi connectivity index (χ0n) is 11.1. The van der Waals surface area contributed by atoms with E-state index in [-0.39, 0.29) is 17.6 Å². The van der Waals surface area contributed by atoms with E-state index in [1.54, 1.807) is 6.07 Å². The third kappa shape index (κ3) is 2.43. The van der Waals surface area contributed by atoms with Gasteiger partial charge in [-0.25, -0.2) is 0 Å². The van der Waals surface area contributed by atoms with Gasteiger partial charge in [0.2, 0.25) is 11.8 Å². The molecule has 1 aromatic carbocycles. The summed E-state index contributed by atoms with van der Waals surface area (Å²) in [5.74, 6) is -0.179. The molecule has 1 heterocycles. The Balaban J connectivity index is 1.75. The molecule has 104 valence electrons. The van der Waals surface area contributed by atoms with Gasteiger partial charge in [0.25, 0.3) is 0 Å². The summed E-state index contributed by atoms with van der Waals surface area (Å²) in [5.41, 5.74) is 2.38. The predicted octanol–water partition coefficient (Wildman–Crippen LogP) is 1.42. The van der Waals surface area contributed by atoms with Gasteiger partial charge in [-0.3, -0.25) is 14.4 Å². The van der Waals surface area contributed by atoms with Gasteiger partial charge in [0.1, 0.15) is 6.04 Å². The van der Waals surface area contributed by atoms with Gasteiger partial charge in [-0.1, -0.05) is 6.07 Å². The predicted molar refractivity (Wildman–Crippen MR) is 73.5 cm³/mol. The lowest BCUT2D eigenvalue weighted by atomic mass is 9.90. The molecule has 2 N–H and O–H groups in total. The molecule has 3 rings (SSSR count). The molecule has 1 fully saturated rings. The molecule has 0 unspecified atom stereocenters. The van der Waals surface area contributed by atoms with Crippen LogP contribution in [0.5, 0.6) is 0 Å². The average molecular weight is 272 g/mol. The molecule has 1 aliphatic carbocycles. The molecule has 0 bridgehead atoms. The Kier molecular flexibility index (Phi) is 3.26. The van der Waals surface area contributed by atoms with E-state index in [2.05, 4.69) is 10.6 Å². The smallest absolute Gasteiger partial charge is 0.246 e. The van der Waals surface area contributed by atoms with Crippen molar-refractivity contribution in [3.63, 3.8) is 0 Å². The number of ketones is 1. The fourth-order valence-corrected chi connectivity index (χ4v) is 2.75. The molecule has 1 aliphatic heterocycles. The number of rotatable bonds is 2. The summed E-state index contributed by atoms with van der Waals surface area (Å²) in [6.45, 7) is 0. The average Bonchev–Trinajstić information content (AvgIpc) is 2.86. The van der Waals surface area contributed by atoms with Crippen LogP contribution < -0.4 is 10.6 Å². The minimum absolute atomic E-state index is 0.0919. The van der Waals surface area contributed by atoms with Gasteiger partial charge in [0, 0.05) is 24.1 Å². The van der Waals surface area contributed by atoms with Crippen molar-refractivity contribution in [2.45, 2.75) is 38.1 Å². The van der Waals surface area contributed by atoms with Crippen molar-refractivity contribution in [2.75, 3.05) is 5.32 Å². The first-order valence-electron chi connectivity index (χ1n) is 6.90. The third-order valence-corrected chi connectivity index (χ3v) is 3.84. The topological polar surface area (TPSA) is 75.3 Å². The number of hydrogen-bond donors (Lipinski definition) is 2. The highest BCUT2D eigenvalue weighted by atomic mass is 16.2. The molecule has 2 amide bonds. The van der Waals surface area contributed by atoms with Crippen LogP contribution in [0.1, 0.15) is 41.6 Å². The fourth-order valence-electron chi connectivity index (χ4n) is 2.75. The number of nitrogens with one attached hydrogen (secondary N) is 2. The van der Waals surface area contributed by atoms with E-state index in [1.807, 2.05) is 12.1 Å². The normalized spacial score (nSPS) is 21.3. The monoisotopic (exact) mass is 272 g/mol. The van der Waals surface area contributed by atoms with Gasteiger partial charge < -0.3 is 10.6 Å². The van der Waals surface area contributed by atoms with Crippen LogP contribution in [0.25, 0.3) is 0 Å². The molecular formula is C15H16N2O3. The van der Waals surface area contributed by atoms with Crippen molar-refractivity contribution in [3.05, 3.63) is 29.3 Å². The summed E-state index contributed by atoms with van der Waals surface area (Å²) in [6.07, 6.45) is 3.29. The summed E-state index contributed by atoms with van der Waals surface area (Å²) in [6, 6.07) is 4.99. The number of amides is 2. The highest BCUT2D eigenvalue weighted by Crippen LogP contribution is 2.24. The molecule has 0 spiro atoms. The van der Waals surface area contributed by atoms with Crippen LogP contribution in [-0.4, -0.2) is 23.6 Å². The molecular weight excluding hydrogens is 256 g/mol. The molecule has 0 saturated carbocycles. The lowest BCUT2D eigenvalue weighted by Crippen LogP contribution is -2.37. The number of fused-ring (bicyclic) bond motifs is 1.